The van der Waals surface area contributed by atoms with Gasteiger partial charge in [0, 0.05) is 0 Å². The van der Waals surface area contributed by atoms with E-state index in [1.54, 1.807) is 6.92 Å². The summed E-state index contributed by atoms with van der Waals surface area (Å²) in [7, 11) is 0. The number of ether oxygens (including phenoxy) is 1. The summed E-state index contributed by atoms with van der Waals surface area (Å²) < 4.78 is 5.56. The smallest absolute Gasteiger partial charge is 0.119 e. The fourth-order valence-corrected chi connectivity index (χ4v) is 1.33. The van der Waals surface area contributed by atoms with Crippen molar-refractivity contribution in [3.63, 3.8) is 0 Å². The van der Waals surface area contributed by atoms with Crippen molar-refractivity contribution in [1.29, 1.82) is 5.26 Å². The zero-order valence-electron chi connectivity index (χ0n) is 11.0. The van der Waals surface area contributed by atoms with Crippen molar-refractivity contribution in [3.8, 4) is 11.8 Å². The Morgan fingerprint density at radius 2 is 2.00 bits per heavy atom. The minimum Gasteiger partial charge on any atom is -0.494 e. The molecule has 0 saturated carbocycles. The van der Waals surface area contributed by atoms with Crippen LogP contribution >= 0.6 is 0 Å². The molecule has 0 aliphatic rings. The van der Waals surface area contributed by atoms with E-state index in [-0.39, 0.29) is 5.41 Å². The quantitative estimate of drug-likeness (QED) is 0.493. The van der Waals surface area contributed by atoms with E-state index in [9.17, 15) is 0 Å². The summed E-state index contributed by atoms with van der Waals surface area (Å²) in [5.41, 5.74) is 1.05. The van der Waals surface area contributed by atoms with Gasteiger partial charge >= 0.3 is 0 Å². The van der Waals surface area contributed by atoms with Crippen molar-refractivity contribution >= 4 is 5.71 Å². The molecule has 1 aromatic rings. The Morgan fingerprint density at radius 3 is 2.50 bits per heavy atom. The summed E-state index contributed by atoms with van der Waals surface area (Å²) >= 11 is 0. The Hall–Kier alpha value is -2.02. The van der Waals surface area contributed by atoms with Gasteiger partial charge in [0.1, 0.15) is 5.75 Å². The highest BCUT2D eigenvalue weighted by Crippen LogP contribution is 2.20. The molecular formula is C14H18N2O2. The lowest BCUT2D eigenvalue weighted by molar-refractivity contribution is 0.264. The van der Waals surface area contributed by atoms with Gasteiger partial charge in [-0.1, -0.05) is 5.16 Å². The number of nitriles is 1. The van der Waals surface area contributed by atoms with E-state index < -0.39 is 0 Å². The summed E-state index contributed by atoms with van der Waals surface area (Å²) in [5.74, 6) is 0.748. The van der Waals surface area contributed by atoms with Crippen molar-refractivity contribution in [2.75, 3.05) is 6.61 Å². The maximum atomic E-state index is 8.87. The number of benzene rings is 1. The molecule has 0 radical (unpaired) electrons. The molecule has 0 aliphatic carbocycles. The van der Waals surface area contributed by atoms with Gasteiger partial charge in [0.2, 0.25) is 0 Å². The third-order valence-corrected chi connectivity index (χ3v) is 2.72. The van der Waals surface area contributed by atoms with Crippen LogP contribution in [0.25, 0.3) is 0 Å². The Balaban J connectivity index is 2.53. The summed E-state index contributed by atoms with van der Waals surface area (Å²) in [5, 5.41) is 20.6. The van der Waals surface area contributed by atoms with E-state index in [0.29, 0.717) is 18.7 Å². The molecular weight excluding hydrogens is 228 g/mol. The first-order valence-electron chi connectivity index (χ1n) is 5.81. The fourth-order valence-electron chi connectivity index (χ4n) is 1.33. The van der Waals surface area contributed by atoms with Gasteiger partial charge in [-0.3, -0.25) is 0 Å². The number of hydrogen-bond donors (Lipinski definition) is 1. The second-order valence-electron chi connectivity index (χ2n) is 4.80. The zero-order valence-corrected chi connectivity index (χ0v) is 11.0. The van der Waals surface area contributed by atoms with E-state index in [1.165, 1.54) is 0 Å². The van der Waals surface area contributed by atoms with E-state index in [4.69, 9.17) is 15.2 Å². The number of nitrogens with zero attached hydrogens (tertiary/aromatic N) is 2. The van der Waals surface area contributed by atoms with E-state index in [2.05, 4.69) is 11.2 Å². The Kier molecular flexibility index (Phi) is 4.73. The SMILES string of the molecule is CC(=NO)c1ccc(OCCC(C)(C)C#N)cc1. The molecule has 0 amide bonds. The predicted molar refractivity (Wildman–Crippen MR) is 69.9 cm³/mol. The molecule has 0 fully saturated rings. The Labute approximate surface area is 108 Å². The van der Waals surface area contributed by atoms with Crippen LogP contribution in [0.4, 0.5) is 0 Å². The van der Waals surface area contributed by atoms with E-state index in [0.717, 1.165) is 11.3 Å². The highest BCUT2D eigenvalue weighted by Gasteiger charge is 2.16. The minimum absolute atomic E-state index is 0.361. The lowest BCUT2D eigenvalue weighted by atomic mass is 9.92. The highest BCUT2D eigenvalue weighted by atomic mass is 16.5. The second-order valence-corrected chi connectivity index (χ2v) is 4.80. The van der Waals surface area contributed by atoms with Crippen LogP contribution in [0.15, 0.2) is 29.4 Å². The second kappa shape index (κ2) is 6.06. The van der Waals surface area contributed by atoms with Crippen molar-refractivity contribution < 1.29 is 9.94 Å². The van der Waals surface area contributed by atoms with Crippen molar-refractivity contribution in [2.24, 2.45) is 10.6 Å². The molecule has 0 saturated heterocycles. The summed E-state index contributed by atoms with van der Waals surface area (Å²) in [4.78, 5) is 0. The summed E-state index contributed by atoms with van der Waals surface area (Å²) in [6.45, 7) is 6.01. The Bertz CT molecular complexity index is 456. The van der Waals surface area contributed by atoms with Crippen LogP contribution in [0, 0.1) is 16.7 Å². The molecule has 96 valence electrons. The van der Waals surface area contributed by atoms with Crippen LogP contribution in [0.2, 0.25) is 0 Å². The average Bonchev–Trinajstić information content (AvgIpc) is 2.38. The first kappa shape index (κ1) is 14.0. The molecule has 18 heavy (non-hydrogen) atoms. The van der Waals surface area contributed by atoms with Crippen LogP contribution in [-0.4, -0.2) is 17.5 Å². The average molecular weight is 246 g/mol. The van der Waals surface area contributed by atoms with Gasteiger partial charge < -0.3 is 9.94 Å². The van der Waals surface area contributed by atoms with Crippen LogP contribution in [0.1, 0.15) is 32.8 Å². The molecule has 1 aromatic carbocycles. The molecule has 1 N–H and O–H groups in total. The van der Waals surface area contributed by atoms with E-state index >= 15 is 0 Å². The number of hydrogen-bond acceptors (Lipinski definition) is 4. The largest absolute Gasteiger partial charge is 0.494 e. The van der Waals surface area contributed by atoms with Gasteiger partial charge in [0.25, 0.3) is 0 Å². The summed E-state index contributed by atoms with van der Waals surface area (Å²) in [6, 6.07) is 9.55. The van der Waals surface area contributed by atoms with Crippen molar-refractivity contribution in [3.05, 3.63) is 29.8 Å². The molecule has 1 rings (SSSR count). The van der Waals surface area contributed by atoms with E-state index in [1.807, 2.05) is 38.1 Å². The number of rotatable bonds is 5. The van der Waals surface area contributed by atoms with Gasteiger partial charge in [0.05, 0.1) is 23.8 Å². The standard InChI is InChI=1S/C14H18N2O2/c1-11(16-17)12-4-6-13(7-5-12)18-9-8-14(2,3)10-15/h4-7,17H,8-9H2,1-3H3. The minimum atomic E-state index is -0.361. The van der Waals surface area contributed by atoms with Crippen LogP contribution < -0.4 is 4.74 Å². The molecule has 4 nitrogen and oxygen atoms in total. The molecule has 0 spiro atoms. The summed E-state index contributed by atoms with van der Waals surface area (Å²) in [6.07, 6.45) is 0.683. The van der Waals surface area contributed by atoms with Gasteiger partial charge in [-0.05, 0) is 57.0 Å². The number of oxime groups is 1. The molecule has 0 aliphatic heterocycles. The molecule has 0 aromatic heterocycles. The predicted octanol–water partition coefficient (Wildman–Crippen LogP) is 3.20. The van der Waals surface area contributed by atoms with Gasteiger partial charge in [0.15, 0.2) is 0 Å². The zero-order chi connectivity index (χ0) is 13.6. The molecule has 4 heteroatoms. The molecule has 0 heterocycles. The van der Waals surface area contributed by atoms with Gasteiger partial charge in [-0.2, -0.15) is 5.26 Å². The van der Waals surface area contributed by atoms with Crippen LogP contribution in [0.5, 0.6) is 5.75 Å². The molecule has 0 unspecified atom stereocenters. The Morgan fingerprint density at radius 1 is 1.39 bits per heavy atom. The van der Waals surface area contributed by atoms with Crippen molar-refractivity contribution in [2.45, 2.75) is 27.2 Å². The maximum absolute atomic E-state index is 8.87. The first-order valence-corrected chi connectivity index (χ1v) is 5.81. The highest BCUT2D eigenvalue weighted by molar-refractivity contribution is 5.98. The van der Waals surface area contributed by atoms with Gasteiger partial charge in [-0.25, -0.2) is 0 Å². The monoisotopic (exact) mass is 246 g/mol. The lowest BCUT2D eigenvalue weighted by Crippen LogP contribution is -2.13. The third kappa shape index (κ3) is 4.10. The maximum Gasteiger partial charge on any atom is 0.119 e. The van der Waals surface area contributed by atoms with Crippen LogP contribution in [-0.2, 0) is 0 Å². The third-order valence-electron chi connectivity index (χ3n) is 2.72. The first-order chi connectivity index (χ1) is 8.48. The van der Waals surface area contributed by atoms with Crippen LogP contribution in [0.3, 0.4) is 0 Å². The fraction of sp³-hybridized carbons (Fsp3) is 0.429. The van der Waals surface area contributed by atoms with Gasteiger partial charge in [-0.15, -0.1) is 0 Å². The topological polar surface area (TPSA) is 65.6 Å². The van der Waals surface area contributed by atoms with Crippen molar-refractivity contribution in [1.82, 2.24) is 0 Å². The molecule has 0 atom stereocenters. The molecule has 0 bridgehead atoms. The normalized spacial score (nSPS) is 12.0. The lowest BCUT2D eigenvalue weighted by Gasteiger charge is -2.15.